The zero-order chi connectivity index (χ0) is 8.97. The van der Waals surface area contributed by atoms with Gasteiger partial charge in [-0.15, -0.1) is 0 Å². The maximum atomic E-state index is 11.4. The maximum Gasteiger partial charge on any atom is 0.213 e. The van der Waals surface area contributed by atoms with E-state index in [9.17, 15) is 4.79 Å². The van der Waals surface area contributed by atoms with Gasteiger partial charge < -0.3 is 10.5 Å². The van der Waals surface area contributed by atoms with Crippen LogP contribution in [-0.4, -0.2) is 18.4 Å². The van der Waals surface area contributed by atoms with Crippen molar-refractivity contribution in [2.45, 2.75) is 32.2 Å². The SMILES string of the molecule is CCCC(N)C(=O)C1=CCCO1. The molecule has 0 bridgehead atoms. The van der Waals surface area contributed by atoms with Crippen LogP contribution in [0.5, 0.6) is 0 Å². The molecule has 1 unspecified atom stereocenters. The first kappa shape index (κ1) is 9.26. The minimum Gasteiger partial charge on any atom is -0.490 e. The summed E-state index contributed by atoms with van der Waals surface area (Å²) in [7, 11) is 0. The summed E-state index contributed by atoms with van der Waals surface area (Å²) in [6, 6.07) is -0.376. The summed E-state index contributed by atoms with van der Waals surface area (Å²) in [5.74, 6) is 0.422. The van der Waals surface area contributed by atoms with Gasteiger partial charge in [0, 0.05) is 6.42 Å². The topological polar surface area (TPSA) is 52.3 Å². The van der Waals surface area contributed by atoms with Crippen LogP contribution in [0.2, 0.25) is 0 Å². The van der Waals surface area contributed by atoms with Crippen molar-refractivity contribution in [1.82, 2.24) is 0 Å². The lowest BCUT2D eigenvalue weighted by atomic mass is 10.1. The lowest BCUT2D eigenvalue weighted by Crippen LogP contribution is -2.31. The third-order valence-electron chi connectivity index (χ3n) is 1.88. The molecule has 0 saturated carbocycles. The van der Waals surface area contributed by atoms with Gasteiger partial charge >= 0.3 is 0 Å². The highest BCUT2D eigenvalue weighted by Gasteiger charge is 2.20. The highest BCUT2D eigenvalue weighted by Crippen LogP contribution is 2.12. The highest BCUT2D eigenvalue weighted by molar-refractivity contribution is 5.97. The van der Waals surface area contributed by atoms with Crippen molar-refractivity contribution >= 4 is 5.78 Å². The minimum atomic E-state index is -0.376. The number of ether oxygens (including phenoxy) is 1. The van der Waals surface area contributed by atoms with Crippen molar-refractivity contribution in [1.29, 1.82) is 0 Å². The summed E-state index contributed by atoms with van der Waals surface area (Å²) >= 11 is 0. The fraction of sp³-hybridized carbons (Fsp3) is 0.667. The van der Waals surface area contributed by atoms with E-state index >= 15 is 0 Å². The molecule has 1 heterocycles. The molecule has 0 aromatic heterocycles. The van der Waals surface area contributed by atoms with Crippen LogP contribution in [0.1, 0.15) is 26.2 Å². The Hall–Kier alpha value is -0.830. The molecule has 12 heavy (non-hydrogen) atoms. The van der Waals surface area contributed by atoms with Gasteiger partial charge in [-0.25, -0.2) is 0 Å². The number of rotatable bonds is 4. The molecule has 0 fully saturated rings. The van der Waals surface area contributed by atoms with Gasteiger partial charge in [-0.2, -0.15) is 0 Å². The molecule has 1 aliphatic heterocycles. The fourth-order valence-electron chi connectivity index (χ4n) is 1.21. The van der Waals surface area contributed by atoms with Gasteiger partial charge in [-0.3, -0.25) is 4.79 Å². The number of Topliss-reactive ketones (excluding diaryl/α,β-unsaturated/α-hetero) is 1. The van der Waals surface area contributed by atoms with E-state index in [-0.39, 0.29) is 11.8 Å². The largest absolute Gasteiger partial charge is 0.490 e. The van der Waals surface area contributed by atoms with Crippen LogP contribution in [0.25, 0.3) is 0 Å². The molecule has 0 amide bonds. The van der Waals surface area contributed by atoms with Crippen LogP contribution in [0.15, 0.2) is 11.8 Å². The van der Waals surface area contributed by atoms with E-state index in [2.05, 4.69) is 0 Å². The van der Waals surface area contributed by atoms with E-state index in [1.54, 1.807) is 0 Å². The molecule has 3 heteroatoms. The lowest BCUT2D eigenvalue weighted by Gasteiger charge is -2.09. The number of carbonyl (C=O) groups excluding carboxylic acids is 1. The lowest BCUT2D eigenvalue weighted by molar-refractivity contribution is -0.119. The normalized spacial score (nSPS) is 18.3. The quantitative estimate of drug-likeness (QED) is 0.682. The van der Waals surface area contributed by atoms with Crippen molar-refractivity contribution in [2.24, 2.45) is 5.73 Å². The van der Waals surface area contributed by atoms with Gasteiger partial charge in [-0.05, 0) is 12.5 Å². The first-order chi connectivity index (χ1) is 5.75. The van der Waals surface area contributed by atoms with Gasteiger partial charge in [0.15, 0.2) is 5.76 Å². The van der Waals surface area contributed by atoms with Crippen LogP contribution >= 0.6 is 0 Å². The predicted octanol–water partition coefficient (Wildman–Crippen LogP) is 0.987. The average Bonchev–Trinajstić information content (AvgIpc) is 2.55. The molecule has 0 spiro atoms. The second-order valence-corrected chi connectivity index (χ2v) is 2.96. The van der Waals surface area contributed by atoms with E-state index in [0.717, 1.165) is 19.3 Å². The van der Waals surface area contributed by atoms with Crippen molar-refractivity contribution in [3.63, 3.8) is 0 Å². The van der Waals surface area contributed by atoms with E-state index in [0.29, 0.717) is 12.4 Å². The smallest absolute Gasteiger partial charge is 0.213 e. The van der Waals surface area contributed by atoms with E-state index < -0.39 is 0 Å². The van der Waals surface area contributed by atoms with Crippen molar-refractivity contribution in [3.8, 4) is 0 Å². The summed E-state index contributed by atoms with van der Waals surface area (Å²) in [5, 5.41) is 0. The molecule has 2 N–H and O–H groups in total. The third kappa shape index (κ3) is 2.08. The first-order valence-electron chi connectivity index (χ1n) is 4.38. The Morgan fingerprint density at radius 2 is 2.58 bits per heavy atom. The zero-order valence-electron chi connectivity index (χ0n) is 7.38. The van der Waals surface area contributed by atoms with Crippen LogP contribution in [-0.2, 0) is 9.53 Å². The number of nitrogens with two attached hydrogens (primary N) is 1. The van der Waals surface area contributed by atoms with Gasteiger partial charge in [0.2, 0.25) is 5.78 Å². The Morgan fingerprint density at radius 1 is 1.83 bits per heavy atom. The Balaban J connectivity index is 2.45. The number of carbonyl (C=O) groups is 1. The van der Waals surface area contributed by atoms with Crippen molar-refractivity contribution in [2.75, 3.05) is 6.61 Å². The monoisotopic (exact) mass is 169 g/mol. The van der Waals surface area contributed by atoms with Crippen molar-refractivity contribution in [3.05, 3.63) is 11.8 Å². The predicted molar refractivity (Wildman–Crippen MR) is 46.5 cm³/mol. The number of ketones is 1. The summed E-state index contributed by atoms with van der Waals surface area (Å²) < 4.78 is 5.11. The summed E-state index contributed by atoms with van der Waals surface area (Å²) in [6.07, 6.45) is 4.32. The molecule has 0 aliphatic carbocycles. The van der Waals surface area contributed by atoms with Crippen LogP contribution in [0.3, 0.4) is 0 Å². The fourth-order valence-corrected chi connectivity index (χ4v) is 1.21. The molecule has 0 aromatic rings. The molecule has 68 valence electrons. The van der Waals surface area contributed by atoms with Crippen LogP contribution in [0.4, 0.5) is 0 Å². The minimum absolute atomic E-state index is 0.0469. The maximum absolute atomic E-state index is 11.4. The number of hydrogen-bond acceptors (Lipinski definition) is 3. The molecule has 0 radical (unpaired) electrons. The summed E-state index contributed by atoms with van der Waals surface area (Å²) in [4.78, 5) is 11.4. The van der Waals surface area contributed by atoms with Crippen LogP contribution in [0, 0.1) is 0 Å². The first-order valence-corrected chi connectivity index (χ1v) is 4.38. The molecule has 1 aliphatic rings. The molecule has 1 atom stereocenters. The molecular formula is C9H15NO2. The average molecular weight is 169 g/mol. The Morgan fingerprint density at radius 3 is 3.08 bits per heavy atom. The van der Waals surface area contributed by atoms with E-state index in [1.807, 2.05) is 13.0 Å². The van der Waals surface area contributed by atoms with Gasteiger partial charge in [0.1, 0.15) is 0 Å². The Bertz CT molecular complexity index is 199. The zero-order valence-corrected chi connectivity index (χ0v) is 7.38. The van der Waals surface area contributed by atoms with Crippen molar-refractivity contribution < 1.29 is 9.53 Å². The highest BCUT2D eigenvalue weighted by atomic mass is 16.5. The second kappa shape index (κ2) is 4.26. The van der Waals surface area contributed by atoms with Crippen LogP contribution < -0.4 is 5.73 Å². The Labute approximate surface area is 72.6 Å². The van der Waals surface area contributed by atoms with Gasteiger partial charge in [-0.1, -0.05) is 13.3 Å². The molecule has 1 rings (SSSR count). The summed E-state index contributed by atoms with van der Waals surface area (Å²) in [5.41, 5.74) is 5.64. The second-order valence-electron chi connectivity index (χ2n) is 2.96. The van der Waals surface area contributed by atoms with E-state index in [1.165, 1.54) is 0 Å². The molecular weight excluding hydrogens is 154 g/mol. The standard InChI is InChI=1S/C9H15NO2/c1-2-4-7(10)9(11)8-5-3-6-12-8/h5,7H,2-4,6,10H2,1H3. The molecule has 3 nitrogen and oxygen atoms in total. The molecule has 0 aromatic carbocycles. The van der Waals surface area contributed by atoms with E-state index in [4.69, 9.17) is 10.5 Å². The van der Waals surface area contributed by atoms with Gasteiger partial charge in [0.25, 0.3) is 0 Å². The molecule has 0 saturated heterocycles. The summed E-state index contributed by atoms with van der Waals surface area (Å²) in [6.45, 7) is 2.64. The Kier molecular flexibility index (Phi) is 3.29. The number of hydrogen-bond donors (Lipinski definition) is 1. The van der Waals surface area contributed by atoms with Gasteiger partial charge in [0.05, 0.1) is 12.6 Å². The third-order valence-corrected chi connectivity index (χ3v) is 1.88.